The monoisotopic (exact) mass is 454 g/mol. The zero-order valence-corrected chi connectivity index (χ0v) is 19.2. The predicted octanol–water partition coefficient (Wildman–Crippen LogP) is 4.51. The number of anilines is 1. The van der Waals surface area contributed by atoms with Crippen LogP contribution in [0.1, 0.15) is 88.9 Å². The van der Waals surface area contributed by atoms with Gasteiger partial charge in [-0.1, -0.05) is 0 Å². The van der Waals surface area contributed by atoms with Gasteiger partial charge in [-0.25, -0.2) is 0 Å². The Morgan fingerprint density at radius 3 is 2.04 bits per heavy atom. The van der Waals surface area contributed by atoms with E-state index in [2.05, 4.69) is 25.8 Å². The maximum absolute atomic E-state index is 11.9. The number of unbranched alkanes of at least 4 members (excludes halogenated alkanes) is 3. The zero-order valence-electron chi connectivity index (χ0n) is 16.4. The summed E-state index contributed by atoms with van der Waals surface area (Å²) in [7, 11) is 1.41. The van der Waals surface area contributed by atoms with Gasteiger partial charge >= 0.3 is 164 Å². The van der Waals surface area contributed by atoms with E-state index in [9.17, 15) is 4.79 Å². The number of methoxy groups -OCH3 is 1. The van der Waals surface area contributed by atoms with Crippen LogP contribution in [0.2, 0.25) is 3.43 Å². The number of nitrogen functional groups attached to an aromatic ring is 1. The average molecular weight is 453 g/mol. The molecule has 2 N–H and O–H groups in total. The van der Waals surface area contributed by atoms with Gasteiger partial charge in [0.05, 0.1) is 0 Å². The molecule has 0 saturated carbocycles. The first-order chi connectivity index (χ1) is 12.0. The topological polar surface area (TPSA) is 65.2 Å². The maximum atomic E-state index is 11.9. The van der Waals surface area contributed by atoms with Crippen molar-refractivity contribution in [3.8, 4) is 0 Å². The quantitative estimate of drug-likeness (QED) is 0.374. The van der Waals surface area contributed by atoms with Gasteiger partial charge in [0.2, 0.25) is 0 Å². The molecule has 140 valence electrons. The predicted molar refractivity (Wildman–Crippen MR) is 107 cm³/mol. The summed E-state index contributed by atoms with van der Waals surface area (Å²) in [6.45, 7) is 6.80. The average Bonchev–Trinajstić information content (AvgIpc) is 2.61. The van der Waals surface area contributed by atoms with Crippen molar-refractivity contribution in [1.82, 2.24) is 4.98 Å². The molecule has 0 amide bonds. The molecule has 1 heterocycles. The summed E-state index contributed by atoms with van der Waals surface area (Å²) in [4.78, 5) is 16.5. The van der Waals surface area contributed by atoms with Crippen LogP contribution in [0.4, 0.5) is 5.82 Å². The van der Waals surface area contributed by atoms with Crippen LogP contribution in [-0.4, -0.2) is 39.2 Å². The SMILES string of the molecule is CCCC[C](CCCC)(CCCC)[Sn][c]1cc(C(=O)OC)cc(N)n1. The van der Waals surface area contributed by atoms with Crippen molar-refractivity contribution in [3.05, 3.63) is 17.7 Å². The molecule has 0 atom stereocenters. The van der Waals surface area contributed by atoms with E-state index in [1.165, 1.54) is 64.9 Å². The van der Waals surface area contributed by atoms with Crippen molar-refractivity contribution < 1.29 is 9.53 Å². The van der Waals surface area contributed by atoms with E-state index < -0.39 is 21.1 Å². The number of carbonyl (C=O) groups excluding carboxylic acids is 1. The number of carbonyl (C=O) groups is 1. The van der Waals surface area contributed by atoms with Gasteiger partial charge in [0.25, 0.3) is 0 Å². The molecule has 0 bridgehead atoms. The summed E-state index contributed by atoms with van der Waals surface area (Å²) < 4.78 is 6.39. The van der Waals surface area contributed by atoms with Crippen LogP contribution < -0.4 is 9.44 Å². The summed E-state index contributed by atoms with van der Waals surface area (Å²) in [6, 6.07) is 3.56. The second-order valence-electron chi connectivity index (χ2n) is 6.87. The molecular weight excluding hydrogens is 419 g/mol. The van der Waals surface area contributed by atoms with E-state index in [4.69, 9.17) is 10.5 Å². The fourth-order valence-corrected chi connectivity index (χ4v) is 8.54. The van der Waals surface area contributed by atoms with E-state index in [0.717, 1.165) is 3.71 Å². The second kappa shape index (κ2) is 11.8. The van der Waals surface area contributed by atoms with Crippen molar-refractivity contribution in [2.45, 2.75) is 82.0 Å². The molecule has 1 rings (SSSR count). The minimum atomic E-state index is -0.991. The Morgan fingerprint density at radius 1 is 1.08 bits per heavy atom. The molecule has 5 heteroatoms. The normalized spacial score (nSPS) is 11.5. The molecule has 4 nitrogen and oxygen atoms in total. The Balaban J connectivity index is 3.12. The Bertz CT molecular complexity index is 513. The van der Waals surface area contributed by atoms with Gasteiger partial charge in [-0.2, -0.15) is 0 Å². The molecule has 25 heavy (non-hydrogen) atoms. The van der Waals surface area contributed by atoms with E-state index in [1.807, 2.05) is 6.07 Å². The molecular formula is C20H34N2O2Sn. The molecule has 0 fully saturated rings. The van der Waals surface area contributed by atoms with E-state index in [1.54, 1.807) is 6.07 Å². The Kier molecular flexibility index (Phi) is 10.5. The number of nitrogens with zero attached hydrogens (tertiary/aromatic N) is 1. The van der Waals surface area contributed by atoms with Crippen LogP contribution in [0.5, 0.6) is 0 Å². The van der Waals surface area contributed by atoms with Gasteiger partial charge in [-0.3, -0.25) is 0 Å². The van der Waals surface area contributed by atoms with Gasteiger partial charge in [0.1, 0.15) is 0 Å². The summed E-state index contributed by atoms with van der Waals surface area (Å²) in [5.41, 5.74) is 6.52. The fourth-order valence-electron chi connectivity index (χ4n) is 3.23. The van der Waals surface area contributed by atoms with Crippen LogP contribution in [0.15, 0.2) is 12.1 Å². The van der Waals surface area contributed by atoms with Crippen LogP contribution >= 0.6 is 0 Å². The third kappa shape index (κ3) is 7.55. The summed E-state index contributed by atoms with van der Waals surface area (Å²) >= 11 is -0.991. The number of ether oxygens (including phenoxy) is 1. The van der Waals surface area contributed by atoms with E-state index in [0.29, 0.717) is 14.8 Å². The van der Waals surface area contributed by atoms with Gasteiger partial charge in [-0.15, -0.1) is 0 Å². The Morgan fingerprint density at radius 2 is 1.60 bits per heavy atom. The number of aromatic nitrogens is 1. The third-order valence-electron chi connectivity index (χ3n) is 4.69. The molecule has 0 aliphatic carbocycles. The number of nitrogens with two attached hydrogens (primary N) is 1. The van der Waals surface area contributed by atoms with Crippen LogP contribution in [0, 0.1) is 0 Å². The molecule has 0 aliphatic rings. The van der Waals surface area contributed by atoms with Crippen molar-refractivity contribution >= 4 is 36.6 Å². The van der Waals surface area contributed by atoms with Crippen molar-refractivity contribution in [3.63, 3.8) is 0 Å². The van der Waals surface area contributed by atoms with Gasteiger partial charge in [-0.05, 0) is 0 Å². The van der Waals surface area contributed by atoms with E-state index in [-0.39, 0.29) is 5.97 Å². The van der Waals surface area contributed by atoms with Crippen LogP contribution in [-0.2, 0) is 4.74 Å². The molecule has 0 aromatic carbocycles. The van der Waals surface area contributed by atoms with Gasteiger partial charge in [0, 0.05) is 0 Å². The third-order valence-corrected chi connectivity index (χ3v) is 9.80. The van der Waals surface area contributed by atoms with Crippen molar-refractivity contribution in [2.75, 3.05) is 12.8 Å². The first-order valence-corrected chi connectivity index (χ1v) is 12.5. The summed E-state index contributed by atoms with van der Waals surface area (Å²) in [5, 5.41) is 0. The molecule has 0 aliphatic heterocycles. The first-order valence-electron chi connectivity index (χ1n) is 9.64. The van der Waals surface area contributed by atoms with Crippen molar-refractivity contribution in [1.29, 1.82) is 0 Å². The Hall–Kier alpha value is -0.781. The van der Waals surface area contributed by atoms with Gasteiger partial charge < -0.3 is 0 Å². The zero-order chi connectivity index (χ0) is 18.7. The molecule has 1 aromatic heterocycles. The fraction of sp³-hybridized carbons (Fsp3) is 0.700. The number of pyridine rings is 1. The standard InChI is InChI=1S/C13H27.C7H7N2O2.Sn/c1-4-7-10-13(11-8-5-2)12-9-6-3;1-11-7(10)5-2-3-9-6(8)4-5;/h4-12H2,1-3H3;2,4H,1H3,(H2,8,9);. The molecule has 0 unspecified atom stereocenters. The summed E-state index contributed by atoms with van der Waals surface area (Å²) in [5.74, 6) is 0.116. The number of esters is 1. The molecule has 0 spiro atoms. The van der Waals surface area contributed by atoms with Gasteiger partial charge in [0.15, 0.2) is 0 Å². The summed E-state index contributed by atoms with van der Waals surface area (Å²) in [6.07, 6.45) is 11.4. The van der Waals surface area contributed by atoms with E-state index >= 15 is 0 Å². The number of hydrogen-bond donors (Lipinski definition) is 1. The number of hydrogen-bond acceptors (Lipinski definition) is 4. The number of rotatable bonds is 12. The second-order valence-corrected chi connectivity index (χ2v) is 12.1. The van der Waals surface area contributed by atoms with Crippen molar-refractivity contribution in [2.24, 2.45) is 0 Å². The first kappa shape index (κ1) is 22.3. The van der Waals surface area contributed by atoms with Crippen LogP contribution in [0.3, 0.4) is 0 Å². The molecule has 1 aromatic rings. The molecule has 0 saturated heterocycles. The minimum absolute atomic E-state index is 0.323. The molecule has 2 radical (unpaired) electrons. The van der Waals surface area contributed by atoms with Crippen LogP contribution in [0.25, 0.3) is 0 Å². The Labute approximate surface area is 163 Å².